The number of amides is 1. The zero-order valence-electron chi connectivity index (χ0n) is 18.7. The zero-order chi connectivity index (χ0) is 22.7. The van der Waals surface area contributed by atoms with Crippen molar-refractivity contribution >= 4 is 39.0 Å². The number of carbonyl (C=O) groups excluding carboxylic acids is 1. The lowest BCUT2D eigenvalue weighted by Gasteiger charge is -2.21. The number of fused-ring (bicyclic) bond motifs is 1. The largest absolute Gasteiger partial charge is 0.457 e. The Hall–Kier alpha value is -3.45. The quantitative estimate of drug-likeness (QED) is 0.366. The van der Waals surface area contributed by atoms with Crippen molar-refractivity contribution in [1.82, 2.24) is 9.97 Å². The minimum Gasteiger partial charge on any atom is -0.457 e. The number of anilines is 2. The van der Waals surface area contributed by atoms with E-state index in [0.717, 1.165) is 40.4 Å². The Morgan fingerprint density at radius 2 is 1.62 bits per heavy atom. The molecule has 4 aromatic rings. The van der Waals surface area contributed by atoms with E-state index in [1.54, 1.807) is 0 Å². The molecule has 0 spiro atoms. The smallest absolute Gasteiger partial charge is 0.266 e. The van der Waals surface area contributed by atoms with Crippen molar-refractivity contribution in [2.45, 2.75) is 27.7 Å². The minimum atomic E-state index is -0.148. The van der Waals surface area contributed by atoms with Gasteiger partial charge in [0.15, 0.2) is 0 Å². The first-order valence-corrected chi connectivity index (χ1v) is 11.5. The van der Waals surface area contributed by atoms with Gasteiger partial charge in [0, 0.05) is 18.8 Å². The van der Waals surface area contributed by atoms with Gasteiger partial charge in [0.25, 0.3) is 5.91 Å². The fraction of sp³-hybridized carbons (Fsp3) is 0.240. The molecule has 1 N–H and O–H groups in total. The summed E-state index contributed by atoms with van der Waals surface area (Å²) in [6.07, 6.45) is 0. The SMILES string of the molecule is CCN(CC)c1nc(C)nc2sc(C(=O)Nc3ccc(Oc4ccccc4)cc3)c(C)c12. The van der Waals surface area contributed by atoms with Gasteiger partial charge >= 0.3 is 0 Å². The standard InChI is InChI=1S/C25H26N4O2S/c1-5-29(6-2)23-21-16(3)22(32-25(21)27-17(4)26-23)24(30)28-18-12-14-20(15-13-18)31-19-10-8-7-9-11-19/h7-15H,5-6H2,1-4H3,(H,28,30). The normalized spacial score (nSPS) is 10.9. The van der Waals surface area contributed by atoms with E-state index < -0.39 is 0 Å². The van der Waals surface area contributed by atoms with Gasteiger partial charge in [-0.05, 0) is 69.7 Å². The molecule has 0 unspecified atom stereocenters. The number of carbonyl (C=O) groups is 1. The van der Waals surface area contributed by atoms with Crippen LogP contribution < -0.4 is 15.0 Å². The number of hydrogen-bond acceptors (Lipinski definition) is 6. The molecule has 1 amide bonds. The minimum absolute atomic E-state index is 0.148. The van der Waals surface area contributed by atoms with Gasteiger partial charge in [-0.15, -0.1) is 11.3 Å². The number of aromatic nitrogens is 2. The van der Waals surface area contributed by atoms with Gasteiger partial charge in [-0.25, -0.2) is 9.97 Å². The molecular formula is C25H26N4O2S. The number of nitrogens with one attached hydrogen (secondary N) is 1. The third kappa shape index (κ3) is 4.43. The van der Waals surface area contributed by atoms with E-state index in [2.05, 4.69) is 34.0 Å². The van der Waals surface area contributed by atoms with Gasteiger partial charge in [0.05, 0.1) is 10.3 Å². The van der Waals surface area contributed by atoms with Crippen molar-refractivity contribution in [1.29, 1.82) is 0 Å². The Bertz CT molecular complexity index is 1230. The molecule has 2 heterocycles. The Morgan fingerprint density at radius 3 is 2.28 bits per heavy atom. The molecule has 0 saturated carbocycles. The van der Waals surface area contributed by atoms with Crippen molar-refractivity contribution in [3.8, 4) is 11.5 Å². The summed E-state index contributed by atoms with van der Waals surface area (Å²) in [5, 5.41) is 3.96. The highest BCUT2D eigenvalue weighted by molar-refractivity contribution is 7.20. The Balaban J connectivity index is 1.57. The van der Waals surface area contributed by atoms with E-state index in [1.807, 2.05) is 68.4 Å². The fourth-order valence-electron chi connectivity index (χ4n) is 3.61. The number of rotatable bonds is 7. The first-order valence-electron chi connectivity index (χ1n) is 10.7. The summed E-state index contributed by atoms with van der Waals surface area (Å²) in [7, 11) is 0. The molecule has 0 fully saturated rings. The zero-order valence-corrected chi connectivity index (χ0v) is 19.5. The van der Waals surface area contributed by atoms with Crippen LogP contribution in [-0.4, -0.2) is 29.0 Å². The van der Waals surface area contributed by atoms with Crippen LogP contribution in [0.4, 0.5) is 11.5 Å². The van der Waals surface area contributed by atoms with Crippen LogP contribution in [0, 0.1) is 13.8 Å². The summed E-state index contributed by atoms with van der Waals surface area (Å²) in [4.78, 5) is 26.1. The van der Waals surface area contributed by atoms with Gasteiger partial charge in [-0.2, -0.15) is 0 Å². The van der Waals surface area contributed by atoms with Crippen LogP contribution >= 0.6 is 11.3 Å². The van der Waals surface area contributed by atoms with Crippen LogP contribution in [0.2, 0.25) is 0 Å². The molecule has 164 valence electrons. The molecule has 0 aliphatic rings. The summed E-state index contributed by atoms with van der Waals surface area (Å²) < 4.78 is 5.82. The average molecular weight is 447 g/mol. The van der Waals surface area contributed by atoms with Crippen LogP contribution in [0.3, 0.4) is 0 Å². The maximum atomic E-state index is 13.1. The van der Waals surface area contributed by atoms with Gasteiger partial charge in [0.2, 0.25) is 0 Å². The first kappa shape index (κ1) is 21.8. The van der Waals surface area contributed by atoms with Crippen LogP contribution in [0.15, 0.2) is 54.6 Å². The number of hydrogen-bond donors (Lipinski definition) is 1. The number of ether oxygens (including phenoxy) is 1. The monoisotopic (exact) mass is 446 g/mol. The van der Waals surface area contributed by atoms with E-state index in [0.29, 0.717) is 22.1 Å². The summed E-state index contributed by atoms with van der Waals surface area (Å²) in [5.41, 5.74) is 1.62. The number of nitrogens with zero attached hydrogens (tertiary/aromatic N) is 3. The molecule has 0 bridgehead atoms. The molecule has 0 aliphatic heterocycles. The predicted molar refractivity (Wildman–Crippen MR) is 131 cm³/mol. The van der Waals surface area contributed by atoms with Crippen LogP contribution in [0.25, 0.3) is 10.2 Å². The highest BCUT2D eigenvalue weighted by Crippen LogP contribution is 2.36. The second-order valence-electron chi connectivity index (χ2n) is 7.40. The highest BCUT2D eigenvalue weighted by Gasteiger charge is 2.22. The van der Waals surface area contributed by atoms with E-state index in [-0.39, 0.29) is 5.91 Å². The Morgan fingerprint density at radius 1 is 0.969 bits per heavy atom. The lowest BCUT2D eigenvalue weighted by atomic mass is 10.1. The molecule has 6 nitrogen and oxygen atoms in total. The third-order valence-corrected chi connectivity index (χ3v) is 6.43. The molecular weight excluding hydrogens is 420 g/mol. The van der Waals surface area contributed by atoms with Gasteiger partial charge in [0.1, 0.15) is 28.0 Å². The first-order chi connectivity index (χ1) is 15.5. The molecule has 0 radical (unpaired) electrons. The van der Waals surface area contributed by atoms with E-state index >= 15 is 0 Å². The summed E-state index contributed by atoms with van der Waals surface area (Å²) in [6, 6.07) is 17.0. The number of thiophene rings is 1. The summed E-state index contributed by atoms with van der Waals surface area (Å²) in [5.74, 6) is 2.94. The van der Waals surface area contributed by atoms with Gasteiger partial charge in [-0.1, -0.05) is 18.2 Å². The summed E-state index contributed by atoms with van der Waals surface area (Å²) in [6.45, 7) is 9.75. The molecule has 0 saturated heterocycles. The van der Waals surface area contributed by atoms with Crippen LogP contribution in [0.1, 0.15) is 34.9 Å². The average Bonchev–Trinajstić information content (AvgIpc) is 3.13. The molecule has 32 heavy (non-hydrogen) atoms. The van der Waals surface area contributed by atoms with E-state index in [1.165, 1.54) is 11.3 Å². The number of para-hydroxylation sites is 1. The fourth-order valence-corrected chi connectivity index (χ4v) is 4.73. The maximum absolute atomic E-state index is 13.1. The predicted octanol–water partition coefficient (Wildman–Crippen LogP) is 6.20. The lowest BCUT2D eigenvalue weighted by Crippen LogP contribution is -2.23. The third-order valence-electron chi connectivity index (χ3n) is 5.24. The Kier molecular flexibility index (Phi) is 6.37. The molecule has 4 rings (SSSR count). The molecule has 7 heteroatoms. The molecule has 0 atom stereocenters. The van der Waals surface area contributed by atoms with Gasteiger partial charge in [-0.3, -0.25) is 4.79 Å². The highest BCUT2D eigenvalue weighted by atomic mass is 32.1. The van der Waals surface area contributed by atoms with E-state index in [9.17, 15) is 4.79 Å². The van der Waals surface area contributed by atoms with Crippen LogP contribution in [-0.2, 0) is 0 Å². The second-order valence-corrected chi connectivity index (χ2v) is 8.40. The molecule has 2 aromatic carbocycles. The van der Waals surface area contributed by atoms with E-state index in [4.69, 9.17) is 4.74 Å². The second kappa shape index (κ2) is 9.36. The number of benzene rings is 2. The lowest BCUT2D eigenvalue weighted by molar-refractivity contribution is 0.103. The van der Waals surface area contributed by atoms with Crippen LogP contribution in [0.5, 0.6) is 11.5 Å². The Labute approximate surface area is 191 Å². The van der Waals surface area contributed by atoms with Crippen molar-refractivity contribution in [2.24, 2.45) is 0 Å². The van der Waals surface area contributed by atoms with Crippen molar-refractivity contribution < 1.29 is 9.53 Å². The molecule has 0 aliphatic carbocycles. The summed E-state index contributed by atoms with van der Waals surface area (Å²) >= 11 is 1.41. The molecule has 2 aromatic heterocycles. The van der Waals surface area contributed by atoms with Gasteiger partial charge < -0.3 is 15.0 Å². The topological polar surface area (TPSA) is 67.4 Å². The maximum Gasteiger partial charge on any atom is 0.266 e. The van der Waals surface area contributed by atoms with Crippen molar-refractivity contribution in [3.63, 3.8) is 0 Å². The number of aryl methyl sites for hydroxylation is 2. The van der Waals surface area contributed by atoms with Crippen molar-refractivity contribution in [3.05, 3.63) is 70.9 Å². The van der Waals surface area contributed by atoms with Crippen molar-refractivity contribution in [2.75, 3.05) is 23.3 Å².